The molecule has 0 spiro atoms. The highest BCUT2D eigenvalue weighted by molar-refractivity contribution is 5.93. The van der Waals surface area contributed by atoms with Gasteiger partial charge in [0.25, 0.3) is 0 Å². The van der Waals surface area contributed by atoms with Gasteiger partial charge in [-0.25, -0.2) is 4.39 Å². The minimum absolute atomic E-state index is 0.212. The fourth-order valence-electron chi connectivity index (χ4n) is 4.01. The number of allylic oxidation sites excluding steroid dienone is 1. The number of hydrogen-bond donors (Lipinski definition) is 1. The number of benzene rings is 2. The Labute approximate surface area is 176 Å². The summed E-state index contributed by atoms with van der Waals surface area (Å²) in [4.78, 5) is 4.85. The lowest BCUT2D eigenvalue weighted by atomic mass is 10.0. The first-order valence-corrected chi connectivity index (χ1v) is 10.7. The van der Waals surface area contributed by atoms with Crippen LogP contribution in [0.25, 0.3) is 16.5 Å². The molecule has 0 bridgehead atoms. The number of ether oxygens (including phenoxy) is 1. The molecular weight excluding hydrogens is 377 g/mol. The standard InChI is InChI=1S/C25H26FN3O/c1-3-16(2)18-12-22(25-24(13-18)30-9-8-27-25)28-14-21-11-19-10-20(26)6-7-23(19)29(21)15-17-4-5-17/h6-7,10-14,17,27H,2-5,8-9,15H2,1H3. The lowest BCUT2D eigenvalue weighted by Gasteiger charge is -2.22. The number of hydrogen-bond acceptors (Lipinski definition) is 3. The van der Waals surface area contributed by atoms with E-state index in [9.17, 15) is 4.39 Å². The van der Waals surface area contributed by atoms with Gasteiger partial charge in [0.15, 0.2) is 0 Å². The minimum atomic E-state index is -0.212. The molecule has 0 radical (unpaired) electrons. The Morgan fingerprint density at radius 1 is 1.30 bits per heavy atom. The van der Waals surface area contributed by atoms with Crippen molar-refractivity contribution in [1.82, 2.24) is 4.57 Å². The molecular formula is C25H26FN3O. The molecule has 0 saturated heterocycles. The summed E-state index contributed by atoms with van der Waals surface area (Å²) in [5.41, 5.74) is 5.91. The normalized spacial score (nSPS) is 15.8. The number of halogens is 1. The van der Waals surface area contributed by atoms with Crippen molar-refractivity contribution in [1.29, 1.82) is 0 Å². The van der Waals surface area contributed by atoms with Gasteiger partial charge in [0, 0.05) is 24.0 Å². The van der Waals surface area contributed by atoms with Gasteiger partial charge in [0.05, 0.1) is 17.6 Å². The first-order valence-electron chi connectivity index (χ1n) is 10.7. The quantitative estimate of drug-likeness (QED) is 0.500. The Hall–Kier alpha value is -3.08. The first-order chi connectivity index (χ1) is 14.6. The fraction of sp³-hybridized carbons (Fsp3) is 0.320. The third-order valence-electron chi connectivity index (χ3n) is 5.95. The van der Waals surface area contributed by atoms with E-state index in [4.69, 9.17) is 9.73 Å². The highest BCUT2D eigenvalue weighted by Gasteiger charge is 2.23. The van der Waals surface area contributed by atoms with Crippen molar-refractivity contribution in [2.24, 2.45) is 10.9 Å². The Kier molecular flexibility index (Phi) is 4.81. The molecule has 154 valence electrons. The molecule has 1 aromatic heterocycles. The summed E-state index contributed by atoms with van der Waals surface area (Å²) in [6.45, 7) is 8.61. The van der Waals surface area contributed by atoms with E-state index in [1.54, 1.807) is 6.07 Å². The van der Waals surface area contributed by atoms with Gasteiger partial charge in [-0.2, -0.15) is 0 Å². The van der Waals surface area contributed by atoms with E-state index in [0.717, 1.165) is 64.4 Å². The molecule has 0 atom stereocenters. The van der Waals surface area contributed by atoms with E-state index in [1.807, 2.05) is 24.4 Å². The average Bonchev–Trinajstić information content (AvgIpc) is 3.52. The molecule has 1 fully saturated rings. The Balaban J connectivity index is 1.58. The number of rotatable bonds is 6. The summed E-state index contributed by atoms with van der Waals surface area (Å²) in [5.74, 6) is 1.31. The number of anilines is 1. The van der Waals surface area contributed by atoms with Gasteiger partial charge in [0.2, 0.25) is 0 Å². The summed E-state index contributed by atoms with van der Waals surface area (Å²) in [6, 6.07) is 11.1. The van der Waals surface area contributed by atoms with E-state index in [2.05, 4.69) is 29.5 Å². The van der Waals surface area contributed by atoms with Gasteiger partial charge in [-0.05, 0) is 72.7 Å². The topological polar surface area (TPSA) is 38.5 Å². The van der Waals surface area contributed by atoms with Crippen molar-refractivity contribution in [3.8, 4) is 5.75 Å². The van der Waals surface area contributed by atoms with Crippen molar-refractivity contribution in [3.05, 3.63) is 60.1 Å². The monoisotopic (exact) mass is 403 g/mol. The first kappa shape index (κ1) is 18.9. The van der Waals surface area contributed by atoms with E-state index < -0.39 is 0 Å². The second-order valence-corrected chi connectivity index (χ2v) is 8.19. The third-order valence-corrected chi connectivity index (χ3v) is 5.95. The van der Waals surface area contributed by atoms with Crippen LogP contribution in [0.2, 0.25) is 0 Å². The van der Waals surface area contributed by atoms with Gasteiger partial charge in [-0.1, -0.05) is 13.5 Å². The van der Waals surface area contributed by atoms with Crippen LogP contribution in [-0.2, 0) is 6.54 Å². The fourth-order valence-corrected chi connectivity index (χ4v) is 4.01. The summed E-state index contributed by atoms with van der Waals surface area (Å²) >= 11 is 0. The number of aliphatic imine (C=N–C) groups is 1. The Morgan fingerprint density at radius 3 is 2.97 bits per heavy atom. The Morgan fingerprint density at radius 2 is 2.17 bits per heavy atom. The predicted molar refractivity (Wildman–Crippen MR) is 122 cm³/mol. The molecule has 2 heterocycles. The van der Waals surface area contributed by atoms with Crippen LogP contribution in [0.4, 0.5) is 15.8 Å². The van der Waals surface area contributed by atoms with Crippen LogP contribution >= 0.6 is 0 Å². The van der Waals surface area contributed by atoms with Gasteiger partial charge in [-0.15, -0.1) is 0 Å². The summed E-state index contributed by atoms with van der Waals surface area (Å²) in [5, 5.41) is 4.33. The largest absolute Gasteiger partial charge is 0.489 e. The third kappa shape index (κ3) is 3.60. The van der Waals surface area contributed by atoms with Gasteiger partial charge >= 0.3 is 0 Å². The van der Waals surface area contributed by atoms with Gasteiger partial charge < -0.3 is 14.6 Å². The van der Waals surface area contributed by atoms with Crippen molar-refractivity contribution >= 4 is 34.1 Å². The molecule has 4 nitrogen and oxygen atoms in total. The maximum atomic E-state index is 13.8. The number of aromatic nitrogens is 1. The van der Waals surface area contributed by atoms with Crippen molar-refractivity contribution in [3.63, 3.8) is 0 Å². The van der Waals surface area contributed by atoms with Crippen LogP contribution in [0.5, 0.6) is 5.75 Å². The van der Waals surface area contributed by atoms with Crippen LogP contribution < -0.4 is 10.1 Å². The second kappa shape index (κ2) is 7.63. The van der Waals surface area contributed by atoms with Crippen LogP contribution in [0.3, 0.4) is 0 Å². The van der Waals surface area contributed by atoms with Crippen LogP contribution in [-0.4, -0.2) is 23.9 Å². The minimum Gasteiger partial charge on any atom is -0.489 e. The van der Waals surface area contributed by atoms with E-state index in [1.165, 1.54) is 18.9 Å². The van der Waals surface area contributed by atoms with Gasteiger partial charge in [-0.3, -0.25) is 4.99 Å². The maximum Gasteiger partial charge on any atom is 0.145 e. The molecule has 5 heteroatoms. The zero-order valence-electron chi connectivity index (χ0n) is 17.2. The number of nitrogens with one attached hydrogen (secondary N) is 1. The molecule has 2 aromatic carbocycles. The molecule has 0 amide bonds. The zero-order valence-corrected chi connectivity index (χ0v) is 17.2. The molecule has 3 aromatic rings. The van der Waals surface area contributed by atoms with E-state index >= 15 is 0 Å². The predicted octanol–water partition coefficient (Wildman–Crippen LogP) is 6.17. The lowest BCUT2D eigenvalue weighted by molar-refractivity contribution is 0.323. The van der Waals surface area contributed by atoms with Crippen molar-refractivity contribution in [2.75, 3.05) is 18.5 Å². The van der Waals surface area contributed by atoms with Gasteiger partial charge in [0.1, 0.15) is 23.9 Å². The van der Waals surface area contributed by atoms with E-state index in [0.29, 0.717) is 12.5 Å². The molecule has 1 saturated carbocycles. The Bertz CT molecular complexity index is 1160. The second-order valence-electron chi connectivity index (χ2n) is 8.19. The smallest absolute Gasteiger partial charge is 0.145 e. The van der Waals surface area contributed by atoms with Crippen LogP contribution in [0, 0.1) is 11.7 Å². The summed E-state index contributed by atoms with van der Waals surface area (Å²) < 4.78 is 21.9. The summed E-state index contributed by atoms with van der Waals surface area (Å²) in [7, 11) is 0. The highest BCUT2D eigenvalue weighted by Crippen LogP contribution is 2.40. The molecule has 1 N–H and O–H groups in total. The molecule has 5 rings (SSSR count). The lowest BCUT2D eigenvalue weighted by Crippen LogP contribution is -2.18. The average molecular weight is 404 g/mol. The molecule has 2 aliphatic rings. The maximum absolute atomic E-state index is 13.8. The van der Waals surface area contributed by atoms with Crippen LogP contribution in [0.1, 0.15) is 37.4 Å². The SMILES string of the molecule is C=C(CC)c1cc(N=Cc2cc3cc(F)ccc3n2CC2CC2)c2c(c1)OCCN2. The number of nitrogens with zero attached hydrogens (tertiary/aromatic N) is 2. The van der Waals surface area contributed by atoms with E-state index in [-0.39, 0.29) is 5.82 Å². The molecule has 30 heavy (non-hydrogen) atoms. The van der Waals surface area contributed by atoms with Crippen molar-refractivity contribution < 1.29 is 9.13 Å². The molecule has 1 aliphatic heterocycles. The molecule has 1 aliphatic carbocycles. The molecule has 0 unspecified atom stereocenters. The summed E-state index contributed by atoms with van der Waals surface area (Å²) in [6.07, 6.45) is 5.28. The zero-order chi connectivity index (χ0) is 20.7. The van der Waals surface area contributed by atoms with Crippen LogP contribution in [0.15, 0.2) is 48.0 Å². The van der Waals surface area contributed by atoms with Crippen molar-refractivity contribution in [2.45, 2.75) is 32.7 Å². The highest BCUT2D eigenvalue weighted by atomic mass is 19.1. The number of fused-ring (bicyclic) bond motifs is 2.